The van der Waals surface area contributed by atoms with E-state index in [1.165, 1.54) is 101 Å². The van der Waals surface area contributed by atoms with Gasteiger partial charge in [-0.05, 0) is 30.7 Å². The number of ether oxygens (including phenoxy) is 2. The quantitative estimate of drug-likeness (QED) is 0.0617. The van der Waals surface area contributed by atoms with E-state index in [1.807, 2.05) is 0 Å². The third-order valence-corrected chi connectivity index (χ3v) is 6.35. The summed E-state index contributed by atoms with van der Waals surface area (Å²) in [5, 5.41) is 10.8. The molecule has 0 aliphatic heterocycles. The molecule has 0 saturated carbocycles. The summed E-state index contributed by atoms with van der Waals surface area (Å²) in [6.07, 6.45) is 17.6. The largest absolute Gasteiger partial charge is 0.462 e. The summed E-state index contributed by atoms with van der Waals surface area (Å²) in [6.45, 7) is 2.57. The number of benzene rings is 2. The summed E-state index contributed by atoms with van der Waals surface area (Å²) in [6, 6.07) is 11.5. The number of esters is 2. The third-order valence-electron chi connectivity index (χ3n) is 6.35. The fourth-order valence-corrected chi connectivity index (χ4v) is 4.14. The van der Waals surface area contributed by atoms with E-state index in [4.69, 9.17) is 9.47 Å². The molecule has 0 aliphatic carbocycles. The van der Waals surface area contributed by atoms with Crippen LogP contribution in [0.1, 0.15) is 118 Å². The lowest BCUT2D eigenvalue weighted by Crippen LogP contribution is -2.13. The predicted octanol–water partition coefficient (Wildman–Crippen LogP) is 8.45. The van der Waals surface area contributed by atoms with Crippen LogP contribution in [0.4, 0.5) is 5.69 Å². The van der Waals surface area contributed by atoms with Gasteiger partial charge in [-0.1, -0.05) is 103 Å². The van der Waals surface area contributed by atoms with Gasteiger partial charge in [0.1, 0.15) is 11.3 Å². The minimum atomic E-state index is -0.706. The molecule has 0 amide bonds. The SMILES string of the molecule is CCCCCCCCCCCCCCCCOC(=O)c1ccccc1OC(=O)c1ccc([N+](=O)[O-])cc1. The Morgan fingerprint density at radius 1 is 0.703 bits per heavy atom. The molecule has 0 aliphatic rings. The molecule has 7 nitrogen and oxygen atoms in total. The first kappa shape index (κ1) is 30.0. The van der Waals surface area contributed by atoms with Crippen LogP contribution in [0.15, 0.2) is 48.5 Å². The molecule has 0 heterocycles. The van der Waals surface area contributed by atoms with E-state index in [0.717, 1.165) is 19.3 Å². The van der Waals surface area contributed by atoms with Gasteiger partial charge in [-0.3, -0.25) is 10.1 Å². The average Bonchev–Trinajstić information content (AvgIpc) is 2.91. The second-order valence-electron chi connectivity index (χ2n) is 9.42. The monoisotopic (exact) mass is 511 g/mol. The van der Waals surface area contributed by atoms with Crippen molar-refractivity contribution in [3.63, 3.8) is 0 Å². The van der Waals surface area contributed by atoms with Gasteiger partial charge in [0.05, 0.1) is 17.1 Å². The van der Waals surface area contributed by atoms with Gasteiger partial charge >= 0.3 is 11.9 Å². The lowest BCUT2D eigenvalue weighted by molar-refractivity contribution is -0.384. The minimum absolute atomic E-state index is 0.0943. The fraction of sp³-hybridized carbons (Fsp3) is 0.533. The smallest absolute Gasteiger partial charge is 0.343 e. The van der Waals surface area contributed by atoms with E-state index in [2.05, 4.69) is 6.92 Å². The lowest BCUT2D eigenvalue weighted by atomic mass is 10.0. The van der Waals surface area contributed by atoms with Crippen LogP contribution in [0.3, 0.4) is 0 Å². The van der Waals surface area contributed by atoms with Crippen molar-refractivity contribution in [3.8, 4) is 5.75 Å². The molecule has 2 aromatic rings. The van der Waals surface area contributed by atoms with Gasteiger partial charge in [-0.15, -0.1) is 0 Å². The average molecular weight is 512 g/mol. The number of carbonyl (C=O) groups is 2. The summed E-state index contributed by atoms with van der Waals surface area (Å²) >= 11 is 0. The summed E-state index contributed by atoms with van der Waals surface area (Å²) in [5.41, 5.74) is 0.198. The topological polar surface area (TPSA) is 95.7 Å². The number of hydrogen-bond acceptors (Lipinski definition) is 6. The maximum atomic E-state index is 12.5. The molecule has 0 fully saturated rings. The predicted molar refractivity (Wildman–Crippen MR) is 145 cm³/mol. The number of hydrogen-bond donors (Lipinski definition) is 0. The van der Waals surface area contributed by atoms with Crippen molar-refractivity contribution >= 4 is 17.6 Å². The van der Waals surface area contributed by atoms with Crippen molar-refractivity contribution in [3.05, 3.63) is 69.8 Å². The normalized spacial score (nSPS) is 10.7. The minimum Gasteiger partial charge on any atom is -0.462 e. The van der Waals surface area contributed by atoms with Gasteiger partial charge in [-0.2, -0.15) is 0 Å². The molecule has 0 bridgehead atoms. The molecular weight excluding hydrogens is 470 g/mol. The first-order chi connectivity index (χ1) is 18.0. The molecular formula is C30H41NO6. The van der Waals surface area contributed by atoms with Gasteiger partial charge in [0, 0.05) is 12.1 Å². The molecule has 0 spiro atoms. The first-order valence-corrected chi connectivity index (χ1v) is 13.8. The van der Waals surface area contributed by atoms with Gasteiger partial charge < -0.3 is 9.47 Å². The summed E-state index contributed by atoms with van der Waals surface area (Å²) in [4.78, 5) is 35.2. The van der Waals surface area contributed by atoms with Crippen LogP contribution in [-0.4, -0.2) is 23.5 Å². The highest BCUT2D eigenvalue weighted by Gasteiger charge is 2.18. The van der Waals surface area contributed by atoms with Gasteiger partial charge in [-0.25, -0.2) is 9.59 Å². The number of nitro groups is 1. The highest BCUT2D eigenvalue weighted by molar-refractivity contribution is 5.96. The number of non-ortho nitro benzene ring substituents is 1. The van der Waals surface area contributed by atoms with Crippen molar-refractivity contribution in [2.45, 2.75) is 96.8 Å². The number of para-hydroxylation sites is 1. The lowest BCUT2D eigenvalue weighted by Gasteiger charge is -2.10. The van der Waals surface area contributed by atoms with Crippen LogP contribution in [0.2, 0.25) is 0 Å². The molecule has 2 rings (SSSR count). The summed E-state index contributed by atoms with van der Waals surface area (Å²) in [5.74, 6) is -1.15. The summed E-state index contributed by atoms with van der Waals surface area (Å²) < 4.78 is 10.8. The molecule has 37 heavy (non-hydrogen) atoms. The molecule has 0 unspecified atom stereocenters. The van der Waals surface area contributed by atoms with E-state index in [0.29, 0.717) is 6.61 Å². The standard InChI is InChI=1S/C30H41NO6/c1-2-3-4-5-6-7-8-9-10-11-12-13-14-17-24-36-30(33)27-18-15-16-19-28(27)37-29(32)25-20-22-26(23-21-25)31(34)35/h15-16,18-23H,2-14,17,24H2,1H3. The molecule has 0 saturated heterocycles. The molecule has 2 aromatic carbocycles. The van der Waals surface area contributed by atoms with E-state index >= 15 is 0 Å². The molecule has 0 N–H and O–H groups in total. The van der Waals surface area contributed by atoms with Crippen LogP contribution in [0.25, 0.3) is 0 Å². The van der Waals surface area contributed by atoms with E-state index in [9.17, 15) is 19.7 Å². The molecule has 0 aromatic heterocycles. The van der Waals surface area contributed by atoms with E-state index in [1.54, 1.807) is 18.2 Å². The molecule has 0 atom stereocenters. The Morgan fingerprint density at radius 2 is 1.22 bits per heavy atom. The maximum absolute atomic E-state index is 12.5. The highest BCUT2D eigenvalue weighted by Crippen LogP contribution is 2.22. The van der Waals surface area contributed by atoms with E-state index in [-0.39, 0.29) is 22.6 Å². The number of carbonyl (C=O) groups excluding carboxylic acids is 2. The molecule has 7 heteroatoms. The second-order valence-corrected chi connectivity index (χ2v) is 9.42. The molecule has 202 valence electrons. The van der Waals surface area contributed by atoms with Crippen molar-refractivity contribution in [1.82, 2.24) is 0 Å². The second kappa shape index (κ2) is 18.1. The van der Waals surface area contributed by atoms with Crippen molar-refractivity contribution < 1.29 is 24.0 Å². The zero-order chi connectivity index (χ0) is 26.7. The maximum Gasteiger partial charge on any atom is 0.343 e. The van der Waals surface area contributed by atoms with Crippen LogP contribution < -0.4 is 4.74 Å². The van der Waals surface area contributed by atoms with Crippen LogP contribution in [0.5, 0.6) is 5.75 Å². The van der Waals surface area contributed by atoms with Crippen molar-refractivity contribution in [2.24, 2.45) is 0 Å². The van der Waals surface area contributed by atoms with Crippen LogP contribution in [-0.2, 0) is 4.74 Å². The number of unbranched alkanes of at least 4 members (excludes halogenated alkanes) is 13. The molecule has 0 radical (unpaired) electrons. The highest BCUT2D eigenvalue weighted by atomic mass is 16.6. The van der Waals surface area contributed by atoms with Crippen LogP contribution in [0, 0.1) is 10.1 Å². The Kier molecular flexibility index (Phi) is 14.7. The van der Waals surface area contributed by atoms with Crippen molar-refractivity contribution in [2.75, 3.05) is 6.61 Å². The van der Waals surface area contributed by atoms with Crippen molar-refractivity contribution in [1.29, 1.82) is 0 Å². The van der Waals surface area contributed by atoms with E-state index < -0.39 is 16.9 Å². The Hall–Kier alpha value is -3.22. The summed E-state index contributed by atoms with van der Waals surface area (Å²) in [7, 11) is 0. The van der Waals surface area contributed by atoms with Gasteiger partial charge in [0.25, 0.3) is 5.69 Å². The van der Waals surface area contributed by atoms with Crippen LogP contribution >= 0.6 is 0 Å². The Labute approximate surface area is 220 Å². The van der Waals surface area contributed by atoms with Gasteiger partial charge in [0.2, 0.25) is 0 Å². The number of nitrogens with zero attached hydrogens (tertiary/aromatic N) is 1. The Morgan fingerprint density at radius 3 is 1.76 bits per heavy atom. The first-order valence-electron chi connectivity index (χ1n) is 13.8. The Bertz CT molecular complexity index is 957. The zero-order valence-corrected chi connectivity index (χ0v) is 22.1. The number of rotatable bonds is 19. The van der Waals surface area contributed by atoms with Gasteiger partial charge in [0.15, 0.2) is 0 Å². The Balaban J connectivity index is 1.60. The fourth-order valence-electron chi connectivity index (χ4n) is 4.14. The zero-order valence-electron chi connectivity index (χ0n) is 22.1. The number of nitro benzene ring substituents is 1. The third kappa shape index (κ3) is 12.0.